The molecule has 4 rings (SSSR count). The molecule has 31 heavy (non-hydrogen) atoms. The lowest BCUT2D eigenvalue weighted by atomic mass is 9.60. The molecule has 0 amide bonds. The molecule has 1 nitrogen and oxygen atoms in total. The zero-order valence-corrected chi connectivity index (χ0v) is 20.1. The van der Waals surface area contributed by atoms with Gasteiger partial charge < -0.3 is 4.74 Å². The van der Waals surface area contributed by atoms with Crippen LogP contribution in [0.25, 0.3) is 0 Å². The Morgan fingerprint density at radius 1 is 0.806 bits per heavy atom. The van der Waals surface area contributed by atoms with E-state index in [0.717, 1.165) is 29.6 Å². The van der Waals surface area contributed by atoms with E-state index >= 15 is 0 Å². The van der Waals surface area contributed by atoms with Gasteiger partial charge in [-0.15, -0.1) is 0 Å². The largest absolute Gasteiger partial charge is 0.494 e. The molecule has 0 spiro atoms. The maximum atomic E-state index is 14.1. The van der Waals surface area contributed by atoms with Crippen LogP contribution in [0.15, 0.2) is 18.2 Å². The van der Waals surface area contributed by atoms with E-state index in [1.54, 1.807) is 18.6 Å². The van der Waals surface area contributed by atoms with E-state index in [1.807, 2.05) is 0 Å². The average molecular weight is 429 g/mol. The molecule has 0 saturated heterocycles. The van der Waals surface area contributed by atoms with Gasteiger partial charge in [-0.1, -0.05) is 51.5 Å². The third-order valence-corrected chi connectivity index (χ3v) is 9.31. The first-order chi connectivity index (χ1) is 15.2. The minimum absolute atomic E-state index is 0.207. The highest BCUT2D eigenvalue weighted by atomic mass is 19.1. The van der Waals surface area contributed by atoms with Crippen LogP contribution in [-0.4, -0.2) is 7.11 Å². The fourth-order valence-corrected chi connectivity index (χ4v) is 7.43. The van der Waals surface area contributed by atoms with Crippen molar-refractivity contribution in [3.05, 3.63) is 29.6 Å². The Hall–Kier alpha value is -1.05. The topological polar surface area (TPSA) is 9.23 Å². The number of benzene rings is 1. The molecule has 2 heteroatoms. The molecule has 3 fully saturated rings. The van der Waals surface area contributed by atoms with E-state index in [1.165, 1.54) is 103 Å². The average Bonchev–Trinajstić information content (AvgIpc) is 2.81. The summed E-state index contributed by atoms with van der Waals surface area (Å²) in [5, 5.41) is 0. The Morgan fingerprint density at radius 3 is 2.19 bits per heavy atom. The van der Waals surface area contributed by atoms with Crippen molar-refractivity contribution in [1.29, 1.82) is 0 Å². The molecular weight excluding hydrogens is 383 g/mol. The molecule has 4 unspecified atom stereocenters. The molecule has 1 aromatic carbocycles. The second kappa shape index (κ2) is 11.2. The van der Waals surface area contributed by atoms with E-state index in [0.29, 0.717) is 11.7 Å². The maximum Gasteiger partial charge on any atom is 0.165 e. The summed E-state index contributed by atoms with van der Waals surface area (Å²) >= 11 is 0. The van der Waals surface area contributed by atoms with Gasteiger partial charge in [0, 0.05) is 0 Å². The number of halogens is 1. The summed E-state index contributed by atoms with van der Waals surface area (Å²) in [6.07, 6.45) is 21.4. The van der Waals surface area contributed by atoms with Crippen molar-refractivity contribution in [3.8, 4) is 5.75 Å². The molecule has 0 bridgehead atoms. The van der Waals surface area contributed by atoms with Crippen molar-refractivity contribution in [3.63, 3.8) is 0 Å². The van der Waals surface area contributed by atoms with E-state index in [9.17, 15) is 4.39 Å². The molecule has 0 N–H and O–H groups in total. The predicted molar refractivity (Wildman–Crippen MR) is 128 cm³/mol. The summed E-state index contributed by atoms with van der Waals surface area (Å²) in [7, 11) is 1.54. The van der Waals surface area contributed by atoms with E-state index in [2.05, 4.69) is 13.0 Å². The summed E-state index contributed by atoms with van der Waals surface area (Å²) in [4.78, 5) is 0. The first-order valence-electron chi connectivity index (χ1n) is 13.5. The van der Waals surface area contributed by atoms with Gasteiger partial charge in [-0.3, -0.25) is 0 Å². The Balaban J connectivity index is 1.22. The lowest BCUT2D eigenvalue weighted by Crippen LogP contribution is -2.34. The van der Waals surface area contributed by atoms with Crippen molar-refractivity contribution in [2.45, 2.75) is 109 Å². The number of hydrogen-bond acceptors (Lipinski definition) is 1. The number of ether oxygens (including phenoxy) is 1. The molecule has 3 aliphatic rings. The van der Waals surface area contributed by atoms with Gasteiger partial charge in [-0.2, -0.15) is 0 Å². The predicted octanol–water partition coefficient (Wildman–Crippen LogP) is 8.91. The zero-order valence-electron chi connectivity index (χ0n) is 20.1. The Morgan fingerprint density at radius 2 is 1.48 bits per heavy atom. The molecule has 3 saturated carbocycles. The number of unbranched alkanes of at least 4 members (excludes halogenated alkanes) is 3. The zero-order chi connectivity index (χ0) is 21.6. The van der Waals surface area contributed by atoms with Gasteiger partial charge in [0.25, 0.3) is 0 Å². The molecule has 174 valence electrons. The minimum atomic E-state index is -0.207. The maximum absolute atomic E-state index is 14.1. The highest BCUT2D eigenvalue weighted by molar-refractivity contribution is 5.31. The second-order valence-corrected chi connectivity index (χ2v) is 11.1. The van der Waals surface area contributed by atoms with Crippen LogP contribution in [0.4, 0.5) is 4.39 Å². The molecule has 0 aliphatic heterocycles. The lowest BCUT2D eigenvalue weighted by molar-refractivity contribution is 0.0613. The standard InChI is InChI=1S/C29H45FO/c1-3-4-5-6-7-21-8-9-26-19-25(15-14-24(26)18-21)22-10-12-23(13-11-22)27-16-17-29(31-2)28(30)20-27/h16-17,20-26H,3-15,18-19H2,1-2H3. The number of rotatable bonds is 8. The van der Waals surface area contributed by atoms with Crippen LogP contribution in [-0.2, 0) is 0 Å². The molecule has 3 aliphatic carbocycles. The lowest BCUT2D eigenvalue weighted by Gasteiger charge is -2.45. The van der Waals surface area contributed by atoms with Crippen LogP contribution in [0.2, 0.25) is 0 Å². The van der Waals surface area contributed by atoms with E-state index in [4.69, 9.17) is 4.74 Å². The normalized spacial score (nSPS) is 33.6. The summed E-state index contributed by atoms with van der Waals surface area (Å²) in [6, 6.07) is 5.60. The Labute approximate surface area is 190 Å². The van der Waals surface area contributed by atoms with Crippen molar-refractivity contribution >= 4 is 0 Å². The number of methoxy groups -OCH3 is 1. The number of fused-ring (bicyclic) bond motifs is 1. The Bertz CT molecular complexity index is 677. The van der Waals surface area contributed by atoms with Gasteiger partial charge in [-0.05, 0) is 111 Å². The molecule has 0 radical (unpaired) electrons. The van der Waals surface area contributed by atoms with Gasteiger partial charge in [0.1, 0.15) is 0 Å². The fraction of sp³-hybridized carbons (Fsp3) is 0.793. The molecule has 1 aromatic rings. The van der Waals surface area contributed by atoms with Crippen LogP contribution in [0.3, 0.4) is 0 Å². The first kappa shape index (κ1) is 23.1. The second-order valence-electron chi connectivity index (χ2n) is 11.1. The van der Waals surface area contributed by atoms with Crippen molar-refractivity contribution < 1.29 is 9.13 Å². The summed E-state index contributed by atoms with van der Waals surface area (Å²) < 4.78 is 19.2. The highest BCUT2D eigenvalue weighted by Gasteiger charge is 2.38. The molecule has 0 aromatic heterocycles. The van der Waals surface area contributed by atoms with Gasteiger partial charge in [-0.25, -0.2) is 4.39 Å². The van der Waals surface area contributed by atoms with Crippen molar-refractivity contribution in [2.24, 2.45) is 29.6 Å². The van der Waals surface area contributed by atoms with Crippen LogP contribution in [0, 0.1) is 35.4 Å². The third kappa shape index (κ3) is 5.85. The Kier molecular flexibility index (Phi) is 8.35. The summed E-state index contributed by atoms with van der Waals surface area (Å²) in [5.74, 6) is 5.69. The van der Waals surface area contributed by atoms with Gasteiger partial charge >= 0.3 is 0 Å². The quantitative estimate of drug-likeness (QED) is 0.375. The fourth-order valence-electron chi connectivity index (χ4n) is 7.43. The highest BCUT2D eigenvalue weighted by Crippen LogP contribution is 2.50. The monoisotopic (exact) mass is 428 g/mol. The van der Waals surface area contributed by atoms with Gasteiger partial charge in [0.2, 0.25) is 0 Å². The molecule has 4 atom stereocenters. The minimum Gasteiger partial charge on any atom is -0.494 e. The van der Waals surface area contributed by atoms with Crippen LogP contribution in [0.1, 0.15) is 115 Å². The van der Waals surface area contributed by atoms with Crippen molar-refractivity contribution in [1.82, 2.24) is 0 Å². The van der Waals surface area contributed by atoms with E-state index in [-0.39, 0.29) is 5.82 Å². The van der Waals surface area contributed by atoms with Gasteiger partial charge in [0.05, 0.1) is 7.11 Å². The smallest absolute Gasteiger partial charge is 0.165 e. The SMILES string of the molecule is CCCCCCC1CCC2CC(C3CCC(c4ccc(OC)c(F)c4)CC3)CCC2C1. The van der Waals surface area contributed by atoms with Gasteiger partial charge in [0.15, 0.2) is 11.6 Å². The van der Waals surface area contributed by atoms with Crippen LogP contribution >= 0.6 is 0 Å². The van der Waals surface area contributed by atoms with E-state index < -0.39 is 0 Å². The molecule has 0 heterocycles. The van der Waals surface area contributed by atoms with Crippen molar-refractivity contribution in [2.75, 3.05) is 7.11 Å². The summed E-state index contributed by atoms with van der Waals surface area (Å²) in [5.41, 5.74) is 1.18. The first-order valence-corrected chi connectivity index (χ1v) is 13.5. The third-order valence-electron chi connectivity index (χ3n) is 9.31. The van der Waals surface area contributed by atoms with Crippen LogP contribution < -0.4 is 4.74 Å². The number of hydrogen-bond donors (Lipinski definition) is 0. The molecular formula is C29H45FO. The van der Waals surface area contributed by atoms with Crippen LogP contribution in [0.5, 0.6) is 5.75 Å². The summed E-state index contributed by atoms with van der Waals surface area (Å²) in [6.45, 7) is 2.31.